The molecule has 2 heterocycles. The van der Waals surface area contributed by atoms with Crippen molar-refractivity contribution in [3.05, 3.63) is 23.7 Å². The van der Waals surface area contributed by atoms with E-state index in [0.29, 0.717) is 5.76 Å². The molecule has 19 heavy (non-hydrogen) atoms. The average Bonchev–Trinajstić information content (AvgIpc) is 2.86. The molecule has 1 unspecified atom stereocenters. The number of carboxylic acid groups (broad SMARTS) is 1. The molecule has 1 fully saturated rings. The lowest BCUT2D eigenvalue weighted by molar-refractivity contribution is -0.138. The van der Waals surface area contributed by atoms with E-state index in [2.05, 4.69) is 15.5 Å². The summed E-state index contributed by atoms with van der Waals surface area (Å²) in [6.45, 7) is 1.81. The Balaban J connectivity index is 1.96. The minimum absolute atomic E-state index is 0.239. The van der Waals surface area contributed by atoms with E-state index >= 15 is 0 Å². The molecule has 1 aromatic rings. The molecular weight excluding hydrogens is 270 g/mol. The second-order valence-corrected chi connectivity index (χ2v) is 4.98. The number of carboxylic acids is 1. The van der Waals surface area contributed by atoms with Crippen LogP contribution in [0.15, 0.2) is 26.8 Å². The van der Waals surface area contributed by atoms with Gasteiger partial charge in [-0.05, 0) is 19.1 Å². The molecule has 1 amide bonds. The first-order chi connectivity index (χ1) is 9.04. The number of rotatable bonds is 4. The van der Waals surface area contributed by atoms with Crippen LogP contribution in [0.5, 0.6) is 0 Å². The highest BCUT2D eigenvalue weighted by atomic mass is 32.2. The lowest BCUT2D eigenvalue weighted by atomic mass is 10.3. The van der Waals surface area contributed by atoms with E-state index in [1.54, 1.807) is 12.1 Å². The van der Waals surface area contributed by atoms with Gasteiger partial charge in [-0.2, -0.15) is 5.10 Å². The molecule has 0 aromatic carbocycles. The van der Waals surface area contributed by atoms with Gasteiger partial charge in [0.25, 0.3) is 0 Å². The molecule has 1 aliphatic heterocycles. The quantitative estimate of drug-likeness (QED) is 0.632. The summed E-state index contributed by atoms with van der Waals surface area (Å²) in [5.41, 5.74) is 0. The van der Waals surface area contributed by atoms with E-state index in [1.165, 1.54) is 6.21 Å². The maximum Gasteiger partial charge on any atom is 0.305 e. The van der Waals surface area contributed by atoms with Crippen molar-refractivity contribution in [3.63, 3.8) is 0 Å². The lowest BCUT2D eigenvalue weighted by Gasteiger charge is -1.97. The van der Waals surface area contributed by atoms with Crippen LogP contribution in [0.2, 0.25) is 0 Å². The number of nitrogens with one attached hydrogen (secondary N) is 1. The Hall–Kier alpha value is -2.09. The normalized spacial score (nSPS) is 21.2. The van der Waals surface area contributed by atoms with Crippen molar-refractivity contribution in [2.75, 3.05) is 0 Å². The molecule has 2 rings (SSSR count). The summed E-state index contributed by atoms with van der Waals surface area (Å²) in [7, 11) is 0. The molecule has 1 aromatic heterocycles. The van der Waals surface area contributed by atoms with Crippen LogP contribution in [0.4, 0.5) is 0 Å². The van der Waals surface area contributed by atoms with Crippen LogP contribution in [0, 0.1) is 6.92 Å². The third-order valence-corrected chi connectivity index (χ3v) is 3.30. The first-order valence-corrected chi connectivity index (χ1v) is 6.29. The van der Waals surface area contributed by atoms with Gasteiger partial charge in [0, 0.05) is 0 Å². The molecule has 0 bridgehead atoms. The van der Waals surface area contributed by atoms with Crippen LogP contribution in [-0.2, 0) is 9.59 Å². The molecule has 2 N–H and O–H groups in total. The molecule has 1 aliphatic rings. The number of carbonyl (C=O) groups is 2. The summed E-state index contributed by atoms with van der Waals surface area (Å²) < 4.78 is 5.25. The van der Waals surface area contributed by atoms with E-state index < -0.39 is 11.2 Å². The Morgan fingerprint density at radius 1 is 1.63 bits per heavy atom. The molecule has 0 saturated carbocycles. The van der Waals surface area contributed by atoms with Gasteiger partial charge < -0.3 is 14.8 Å². The van der Waals surface area contributed by atoms with Gasteiger partial charge in [-0.1, -0.05) is 11.8 Å². The number of thioether (sulfide) groups is 1. The highest BCUT2D eigenvalue weighted by Crippen LogP contribution is 2.22. The molecule has 8 heteroatoms. The van der Waals surface area contributed by atoms with E-state index in [9.17, 15) is 9.59 Å². The van der Waals surface area contributed by atoms with Crippen molar-refractivity contribution < 1.29 is 19.1 Å². The fraction of sp³-hybridized carbons (Fsp3) is 0.273. The number of aryl methyl sites for hydroxylation is 1. The number of amides is 1. The zero-order chi connectivity index (χ0) is 13.8. The van der Waals surface area contributed by atoms with Gasteiger partial charge in [0.1, 0.15) is 16.8 Å². The monoisotopic (exact) mass is 281 g/mol. The van der Waals surface area contributed by atoms with E-state index in [4.69, 9.17) is 9.52 Å². The van der Waals surface area contributed by atoms with Gasteiger partial charge in [-0.25, -0.2) is 0 Å². The van der Waals surface area contributed by atoms with Crippen LogP contribution in [0.3, 0.4) is 0 Å². The van der Waals surface area contributed by atoms with Gasteiger partial charge in [-0.15, -0.1) is 5.10 Å². The Morgan fingerprint density at radius 3 is 3.05 bits per heavy atom. The largest absolute Gasteiger partial charge is 0.481 e. The van der Waals surface area contributed by atoms with Gasteiger partial charge in [0.05, 0.1) is 12.6 Å². The number of nitrogens with zero attached hydrogens (tertiary/aromatic N) is 2. The predicted octanol–water partition coefficient (Wildman–Crippen LogP) is 0.984. The molecule has 1 atom stereocenters. The molecule has 0 radical (unpaired) electrons. The van der Waals surface area contributed by atoms with Crippen LogP contribution < -0.4 is 5.32 Å². The Labute approximate surface area is 112 Å². The molecule has 1 saturated heterocycles. The minimum atomic E-state index is -1.02. The fourth-order valence-electron chi connectivity index (χ4n) is 1.41. The predicted molar refractivity (Wildman–Crippen MR) is 70.2 cm³/mol. The van der Waals surface area contributed by atoms with Crippen molar-refractivity contribution in [3.8, 4) is 0 Å². The van der Waals surface area contributed by atoms with E-state index in [1.807, 2.05) is 6.92 Å². The maximum absolute atomic E-state index is 11.4. The molecular formula is C11H11N3O4S. The van der Waals surface area contributed by atoms with Crippen molar-refractivity contribution >= 4 is 35.0 Å². The standard InChI is InChI=1S/C11H11N3O4S/c1-6-2-3-7(18-6)5-12-14-11-13-10(17)8(19-11)4-9(15)16/h2-3,5,8H,4H2,1H3,(H,15,16)(H,13,14,17). The topological polar surface area (TPSA) is 104 Å². The molecule has 7 nitrogen and oxygen atoms in total. The van der Waals surface area contributed by atoms with Crippen molar-refractivity contribution in [1.29, 1.82) is 0 Å². The second-order valence-electron chi connectivity index (χ2n) is 3.79. The van der Waals surface area contributed by atoms with Crippen molar-refractivity contribution in [1.82, 2.24) is 5.32 Å². The number of hydrogen-bond acceptors (Lipinski definition) is 6. The smallest absolute Gasteiger partial charge is 0.305 e. The van der Waals surface area contributed by atoms with Gasteiger partial charge in [0.2, 0.25) is 5.91 Å². The molecule has 0 spiro atoms. The number of amidine groups is 1. The maximum atomic E-state index is 11.4. The summed E-state index contributed by atoms with van der Waals surface area (Å²) in [5.74, 6) is -0.0731. The number of aliphatic carboxylic acids is 1. The summed E-state index contributed by atoms with van der Waals surface area (Å²) in [6, 6.07) is 3.54. The average molecular weight is 281 g/mol. The van der Waals surface area contributed by atoms with Gasteiger partial charge in [0.15, 0.2) is 5.17 Å². The zero-order valence-corrected chi connectivity index (χ0v) is 10.8. The Morgan fingerprint density at radius 2 is 2.42 bits per heavy atom. The first-order valence-electron chi connectivity index (χ1n) is 5.41. The SMILES string of the molecule is Cc1ccc(C=N/N=C2/NC(=O)C(CC(=O)O)S2)o1. The van der Waals surface area contributed by atoms with Gasteiger partial charge >= 0.3 is 5.97 Å². The highest BCUT2D eigenvalue weighted by Gasteiger charge is 2.32. The van der Waals surface area contributed by atoms with Crippen LogP contribution in [0.25, 0.3) is 0 Å². The fourth-order valence-corrected chi connectivity index (χ4v) is 2.32. The van der Waals surface area contributed by atoms with Crippen molar-refractivity contribution in [2.45, 2.75) is 18.6 Å². The van der Waals surface area contributed by atoms with Crippen molar-refractivity contribution in [2.24, 2.45) is 10.2 Å². The Kier molecular flexibility index (Phi) is 4.00. The van der Waals surface area contributed by atoms with Crippen LogP contribution in [-0.4, -0.2) is 33.6 Å². The van der Waals surface area contributed by atoms with Crippen LogP contribution in [0.1, 0.15) is 17.9 Å². The highest BCUT2D eigenvalue weighted by molar-refractivity contribution is 8.15. The zero-order valence-electron chi connectivity index (χ0n) is 9.99. The molecule has 0 aliphatic carbocycles. The summed E-state index contributed by atoms with van der Waals surface area (Å²) >= 11 is 1.05. The Bertz CT molecular complexity index is 564. The summed E-state index contributed by atoms with van der Waals surface area (Å²) in [4.78, 5) is 21.9. The lowest BCUT2D eigenvalue weighted by Crippen LogP contribution is -2.26. The summed E-state index contributed by atoms with van der Waals surface area (Å²) in [5, 5.41) is 18.3. The van der Waals surface area contributed by atoms with E-state index in [-0.39, 0.29) is 17.5 Å². The number of carbonyl (C=O) groups excluding carboxylic acids is 1. The third-order valence-electron chi connectivity index (χ3n) is 2.23. The number of hydrogen-bond donors (Lipinski definition) is 2. The second kappa shape index (κ2) is 5.70. The minimum Gasteiger partial charge on any atom is -0.481 e. The van der Waals surface area contributed by atoms with Crippen LogP contribution >= 0.6 is 11.8 Å². The molecule has 100 valence electrons. The van der Waals surface area contributed by atoms with Gasteiger partial charge in [-0.3, -0.25) is 9.59 Å². The van der Waals surface area contributed by atoms with E-state index in [0.717, 1.165) is 17.5 Å². The first kappa shape index (κ1) is 13.3. The number of furan rings is 1. The summed E-state index contributed by atoms with van der Waals surface area (Å²) in [6.07, 6.45) is 1.17. The third kappa shape index (κ3) is 3.68.